The van der Waals surface area contributed by atoms with Crippen LogP contribution in [0.5, 0.6) is 0 Å². The van der Waals surface area contributed by atoms with Crippen LogP contribution in [-0.4, -0.2) is 17.0 Å². The highest BCUT2D eigenvalue weighted by Gasteiger charge is 2.07. The number of aromatic amines is 1. The summed E-state index contributed by atoms with van der Waals surface area (Å²) in [5.41, 5.74) is 1.55. The maximum absolute atomic E-state index is 11.8. The second-order valence-electron chi connectivity index (χ2n) is 4.64. The smallest absolute Gasteiger partial charge is 0.251 e. The van der Waals surface area contributed by atoms with Crippen molar-refractivity contribution < 1.29 is 0 Å². The van der Waals surface area contributed by atoms with Crippen molar-refractivity contribution in [2.45, 2.75) is 6.54 Å². The first kappa shape index (κ1) is 12.6. The minimum absolute atomic E-state index is 0.131. The number of hydrogen-bond acceptors (Lipinski definition) is 3. The van der Waals surface area contributed by atoms with Gasteiger partial charge in [-0.2, -0.15) is 0 Å². The van der Waals surface area contributed by atoms with Gasteiger partial charge in [0.25, 0.3) is 5.56 Å². The minimum Gasteiger partial charge on any atom is -0.314 e. The molecule has 0 saturated heterocycles. The normalized spacial score (nSPS) is 10.8. The fourth-order valence-electron chi connectivity index (χ4n) is 2.34. The molecular weight excluding hydrogens is 250 g/mol. The first-order valence-electron chi connectivity index (χ1n) is 6.51. The number of nitrogens with zero attached hydrogens (tertiary/aromatic N) is 1. The van der Waals surface area contributed by atoms with Crippen LogP contribution in [0.25, 0.3) is 22.2 Å². The number of fused-ring (bicyclic) bond motifs is 1. The molecule has 0 spiro atoms. The van der Waals surface area contributed by atoms with Crippen LogP contribution in [0.4, 0.5) is 0 Å². The van der Waals surface area contributed by atoms with Crippen LogP contribution in [0, 0.1) is 0 Å². The molecule has 0 unspecified atom stereocenters. The van der Waals surface area contributed by atoms with Crippen LogP contribution >= 0.6 is 0 Å². The fraction of sp³-hybridized carbons (Fsp3) is 0.125. The number of aromatic nitrogens is 2. The number of nitrogens with one attached hydrogen (secondary N) is 2. The fourth-order valence-corrected chi connectivity index (χ4v) is 2.34. The Morgan fingerprint density at radius 1 is 1.15 bits per heavy atom. The monoisotopic (exact) mass is 265 g/mol. The molecule has 2 aromatic carbocycles. The maximum atomic E-state index is 11.8. The average Bonchev–Trinajstić information content (AvgIpc) is 2.46. The van der Waals surface area contributed by atoms with E-state index in [0.717, 1.165) is 22.0 Å². The minimum atomic E-state index is -0.131. The second kappa shape index (κ2) is 5.27. The van der Waals surface area contributed by atoms with Gasteiger partial charge in [0.05, 0.1) is 5.69 Å². The Morgan fingerprint density at radius 3 is 2.80 bits per heavy atom. The molecule has 0 radical (unpaired) electrons. The molecule has 0 aliphatic rings. The van der Waals surface area contributed by atoms with Gasteiger partial charge in [-0.3, -0.25) is 4.79 Å². The molecule has 0 amide bonds. The van der Waals surface area contributed by atoms with Crippen LogP contribution in [0.2, 0.25) is 0 Å². The molecular formula is C16H15N3O. The van der Waals surface area contributed by atoms with Crippen molar-refractivity contribution in [3.8, 4) is 11.4 Å². The largest absolute Gasteiger partial charge is 0.314 e. The van der Waals surface area contributed by atoms with E-state index in [2.05, 4.69) is 15.3 Å². The summed E-state index contributed by atoms with van der Waals surface area (Å²) in [5.74, 6) is 0.611. The third-order valence-electron chi connectivity index (χ3n) is 3.20. The zero-order chi connectivity index (χ0) is 13.9. The molecule has 2 N–H and O–H groups in total. The Balaban J connectivity index is 2.23. The van der Waals surface area contributed by atoms with Gasteiger partial charge in [-0.15, -0.1) is 0 Å². The molecule has 3 rings (SSSR count). The first-order valence-corrected chi connectivity index (χ1v) is 6.51. The van der Waals surface area contributed by atoms with E-state index in [4.69, 9.17) is 0 Å². The van der Waals surface area contributed by atoms with Crippen LogP contribution in [-0.2, 0) is 6.54 Å². The van der Waals surface area contributed by atoms with E-state index in [0.29, 0.717) is 12.4 Å². The van der Waals surface area contributed by atoms with E-state index in [1.165, 1.54) is 6.07 Å². The molecule has 0 fully saturated rings. The first-order chi connectivity index (χ1) is 9.78. The topological polar surface area (TPSA) is 57.8 Å². The van der Waals surface area contributed by atoms with E-state index in [1.54, 1.807) is 0 Å². The summed E-state index contributed by atoms with van der Waals surface area (Å²) < 4.78 is 0. The molecule has 0 saturated carbocycles. The van der Waals surface area contributed by atoms with Crippen LogP contribution in [0.3, 0.4) is 0 Å². The molecule has 4 nitrogen and oxygen atoms in total. The number of hydrogen-bond donors (Lipinski definition) is 2. The molecule has 0 atom stereocenters. The van der Waals surface area contributed by atoms with Gasteiger partial charge in [0.2, 0.25) is 0 Å². The van der Waals surface area contributed by atoms with Crippen molar-refractivity contribution >= 4 is 10.8 Å². The Bertz CT molecular complexity index is 803. The highest BCUT2D eigenvalue weighted by molar-refractivity contribution is 5.94. The number of benzene rings is 2. The van der Waals surface area contributed by atoms with Crippen LogP contribution < -0.4 is 10.9 Å². The third-order valence-corrected chi connectivity index (χ3v) is 3.20. The Labute approximate surface area is 116 Å². The summed E-state index contributed by atoms with van der Waals surface area (Å²) in [6.45, 7) is 0.571. The van der Waals surface area contributed by atoms with E-state index >= 15 is 0 Å². The van der Waals surface area contributed by atoms with Gasteiger partial charge < -0.3 is 10.3 Å². The van der Waals surface area contributed by atoms with Crippen molar-refractivity contribution in [1.82, 2.24) is 15.3 Å². The lowest BCUT2D eigenvalue weighted by atomic mass is 10.0. The highest BCUT2D eigenvalue weighted by atomic mass is 16.1. The molecule has 3 aromatic rings. The van der Waals surface area contributed by atoms with Gasteiger partial charge in [0.1, 0.15) is 5.82 Å². The summed E-state index contributed by atoms with van der Waals surface area (Å²) in [6.07, 6.45) is 0. The Kier molecular flexibility index (Phi) is 3.31. The molecule has 100 valence electrons. The van der Waals surface area contributed by atoms with Crippen LogP contribution in [0.15, 0.2) is 53.3 Å². The lowest BCUT2D eigenvalue weighted by Crippen LogP contribution is -2.14. The van der Waals surface area contributed by atoms with Crippen molar-refractivity contribution in [1.29, 1.82) is 0 Å². The van der Waals surface area contributed by atoms with Crippen molar-refractivity contribution in [2.24, 2.45) is 0 Å². The van der Waals surface area contributed by atoms with Gasteiger partial charge in [-0.25, -0.2) is 4.98 Å². The van der Waals surface area contributed by atoms with Crippen LogP contribution in [0.1, 0.15) is 5.69 Å². The molecule has 20 heavy (non-hydrogen) atoms. The molecule has 1 aromatic heterocycles. The lowest BCUT2D eigenvalue weighted by Gasteiger charge is -2.07. The Hall–Kier alpha value is -2.46. The number of H-pyrrole nitrogens is 1. The maximum Gasteiger partial charge on any atom is 0.251 e. The van der Waals surface area contributed by atoms with Gasteiger partial charge >= 0.3 is 0 Å². The molecule has 0 aliphatic carbocycles. The zero-order valence-electron chi connectivity index (χ0n) is 11.2. The van der Waals surface area contributed by atoms with E-state index in [1.807, 2.05) is 49.5 Å². The lowest BCUT2D eigenvalue weighted by molar-refractivity contribution is 0.785. The Morgan fingerprint density at radius 2 is 1.95 bits per heavy atom. The molecule has 4 heteroatoms. The second-order valence-corrected chi connectivity index (χ2v) is 4.64. The van der Waals surface area contributed by atoms with Crippen molar-refractivity contribution in [3.63, 3.8) is 0 Å². The predicted octanol–water partition coefficient (Wildman–Crippen LogP) is 2.31. The van der Waals surface area contributed by atoms with Crippen molar-refractivity contribution in [2.75, 3.05) is 7.05 Å². The predicted molar refractivity (Wildman–Crippen MR) is 80.6 cm³/mol. The van der Waals surface area contributed by atoms with E-state index < -0.39 is 0 Å². The molecule has 0 aliphatic heterocycles. The zero-order valence-corrected chi connectivity index (χ0v) is 11.2. The van der Waals surface area contributed by atoms with Gasteiger partial charge in [-0.05, 0) is 17.8 Å². The van der Waals surface area contributed by atoms with Gasteiger partial charge in [0.15, 0.2) is 0 Å². The SMILES string of the molecule is CNCc1cc(=O)[nH]c(-c2cccc3ccccc23)n1. The van der Waals surface area contributed by atoms with Crippen molar-refractivity contribution in [3.05, 3.63) is 64.6 Å². The van der Waals surface area contributed by atoms with Gasteiger partial charge in [-0.1, -0.05) is 42.5 Å². The van der Waals surface area contributed by atoms with E-state index in [9.17, 15) is 4.79 Å². The quantitative estimate of drug-likeness (QED) is 0.764. The molecule has 0 bridgehead atoms. The average molecular weight is 265 g/mol. The third kappa shape index (κ3) is 2.33. The summed E-state index contributed by atoms with van der Waals surface area (Å²) in [6, 6.07) is 15.6. The molecule has 1 heterocycles. The van der Waals surface area contributed by atoms with E-state index in [-0.39, 0.29) is 5.56 Å². The summed E-state index contributed by atoms with van der Waals surface area (Å²) in [4.78, 5) is 19.1. The summed E-state index contributed by atoms with van der Waals surface area (Å²) in [7, 11) is 1.83. The standard InChI is InChI=1S/C16H15N3O/c1-17-10-12-9-15(20)19-16(18-12)14-8-4-6-11-5-2-3-7-13(11)14/h2-9,17H,10H2,1H3,(H,18,19,20). The summed E-state index contributed by atoms with van der Waals surface area (Å²) in [5, 5.41) is 5.23. The highest BCUT2D eigenvalue weighted by Crippen LogP contribution is 2.25. The summed E-state index contributed by atoms with van der Waals surface area (Å²) >= 11 is 0. The van der Waals surface area contributed by atoms with Gasteiger partial charge in [0, 0.05) is 18.2 Å². The number of rotatable bonds is 3.